The molecule has 2 aromatic carbocycles. The number of carbonyl (C=O) groups is 1. The lowest BCUT2D eigenvalue weighted by molar-refractivity contribution is 0.0955. The molecule has 3 aromatic rings. The monoisotopic (exact) mass is 400 g/mol. The Balaban J connectivity index is 1.68. The van der Waals surface area contributed by atoms with E-state index in [0.717, 1.165) is 11.1 Å². The van der Waals surface area contributed by atoms with Gasteiger partial charge in [0.05, 0.1) is 24.5 Å². The van der Waals surface area contributed by atoms with Crippen LogP contribution < -0.4 is 14.9 Å². The lowest BCUT2D eigenvalue weighted by Gasteiger charge is -2.13. The Labute approximate surface area is 174 Å². The first-order valence-corrected chi connectivity index (χ1v) is 9.32. The van der Waals surface area contributed by atoms with Gasteiger partial charge in [-0.15, -0.1) is 0 Å². The van der Waals surface area contributed by atoms with Crippen LogP contribution in [0.1, 0.15) is 34.0 Å². The number of carbonyl (C=O) groups excluding carboxylic acids is 1. The number of nitrogens with one attached hydrogen (secondary N) is 1. The van der Waals surface area contributed by atoms with E-state index in [0.29, 0.717) is 29.2 Å². The zero-order chi connectivity index (χ0) is 21.2. The Bertz CT molecular complexity index is 1080. The highest BCUT2D eigenvalue weighted by molar-refractivity contribution is 5.94. The minimum atomic E-state index is -0.324. The molecular formula is C23H20N4O3. The summed E-state index contributed by atoms with van der Waals surface area (Å²) in [7, 11) is 0. The number of hydrogen-bond donors (Lipinski definition) is 1. The molecule has 1 N–H and O–H groups in total. The fraction of sp³-hybridized carbons (Fsp3) is 0.130. The fourth-order valence-electron chi connectivity index (χ4n) is 2.64. The molecule has 0 saturated heterocycles. The molecule has 0 aliphatic rings. The molecule has 1 heterocycles. The molecule has 30 heavy (non-hydrogen) atoms. The molecule has 0 radical (unpaired) electrons. The molecule has 150 valence electrons. The average Bonchev–Trinajstić information content (AvgIpc) is 2.79. The number of nitrogens with zero attached hydrogens (tertiary/aromatic N) is 3. The normalized spacial score (nSPS) is 10.4. The van der Waals surface area contributed by atoms with Crippen molar-refractivity contribution in [2.24, 2.45) is 5.10 Å². The Morgan fingerprint density at radius 2 is 1.93 bits per heavy atom. The van der Waals surface area contributed by atoms with Gasteiger partial charge in [-0.2, -0.15) is 10.4 Å². The number of nitriles is 1. The third-order valence-electron chi connectivity index (χ3n) is 4.11. The number of amides is 1. The molecular weight excluding hydrogens is 380 g/mol. The Morgan fingerprint density at radius 1 is 1.13 bits per heavy atom. The van der Waals surface area contributed by atoms with E-state index < -0.39 is 0 Å². The fourth-order valence-corrected chi connectivity index (χ4v) is 2.64. The molecule has 1 amide bonds. The van der Waals surface area contributed by atoms with Crippen molar-refractivity contribution in [2.75, 3.05) is 6.61 Å². The van der Waals surface area contributed by atoms with Crippen molar-refractivity contribution >= 4 is 12.1 Å². The number of ether oxygens (including phenoxy) is 2. The van der Waals surface area contributed by atoms with Crippen molar-refractivity contribution in [2.45, 2.75) is 13.5 Å². The highest BCUT2D eigenvalue weighted by atomic mass is 16.5. The van der Waals surface area contributed by atoms with Gasteiger partial charge in [-0.3, -0.25) is 9.78 Å². The molecule has 0 spiro atoms. The van der Waals surface area contributed by atoms with E-state index in [-0.39, 0.29) is 12.5 Å². The van der Waals surface area contributed by atoms with E-state index in [1.54, 1.807) is 48.8 Å². The number of benzene rings is 2. The molecule has 7 nitrogen and oxygen atoms in total. The van der Waals surface area contributed by atoms with Crippen molar-refractivity contribution in [3.05, 3.63) is 89.2 Å². The van der Waals surface area contributed by atoms with Crippen molar-refractivity contribution < 1.29 is 14.3 Å². The van der Waals surface area contributed by atoms with Crippen molar-refractivity contribution in [3.63, 3.8) is 0 Å². The molecule has 0 unspecified atom stereocenters. The second-order valence-electron chi connectivity index (χ2n) is 6.13. The van der Waals surface area contributed by atoms with E-state index in [1.165, 1.54) is 6.21 Å². The summed E-state index contributed by atoms with van der Waals surface area (Å²) in [6.07, 6.45) is 4.61. The van der Waals surface area contributed by atoms with Gasteiger partial charge in [-0.25, -0.2) is 5.43 Å². The summed E-state index contributed by atoms with van der Waals surface area (Å²) in [5, 5.41) is 13.2. The minimum Gasteiger partial charge on any atom is -0.490 e. The third kappa shape index (κ3) is 5.42. The standard InChI is InChI=1S/C23H20N4O3/c1-2-29-22-13-17(15-26-27-23(28)18-9-11-25-12-10-18)7-8-21(22)30-16-20-6-4-3-5-19(20)14-24/h3-13,15H,2,16H2,1H3,(H,27,28)/b26-15-. The van der Waals surface area contributed by atoms with E-state index in [9.17, 15) is 10.1 Å². The lowest BCUT2D eigenvalue weighted by atomic mass is 10.1. The van der Waals surface area contributed by atoms with E-state index in [2.05, 4.69) is 21.6 Å². The molecule has 0 atom stereocenters. The predicted octanol–water partition coefficient (Wildman–Crippen LogP) is 3.69. The van der Waals surface area contributed by atoms with Gasteiger partial charge in [0.2, 0.25) is 0 Å². The zero-order valence-electron chi connectivity index (χ0n) is 16.4. The smallest absolute Gasteiger partial charge is 0.271 e. The average molecular weight is 400 g/mol. The molecule has 0 aliphatic heterocycles. The van der Waals surface area contributed by atoms with Gasteiger partial charge in [0, 0.05) is 23.5 Å². The predicted molar refractivity (Wildman–Crippen MR) is 112 cm³/mol. The van der Waals surface area contributed by atoms with Crippen LogP contribution in [0.15, 0.2) is 72.1 Å². The second kappa shape index (κ2) is 10.4. The second-order valence-corrected chi connectivity index (χ2v) is 6.13. The Hall–Kier alpha value is -4.18. The van der Waals surface area contributed by atoms with Gasteiger partial charge in [0.25, 0.3) is 5.91 Å². The van der Waals surface area contributed by atoms with Gasteiger partial charge in [0.15, 0.2) is 11.5 Å². The SMILES string of the molecule is CCOc1cc(/C=N\NC(=O)c2ccncc2)ccc1OCc1ccccc1C#N. The van der Waals surface area contributed by atoms with Crippen LogP contribution in [0.5, 0.6) is 11.5 Å². The van der Waals surface area contributed by atoms with Crippen LogP contribution in [0.3, 0.4) is 0 Å². The van der Waals surface area contributed by atoms with Crippen LogP contribution in [0.4, 0.5) is 0 Å². The highest BCUT2D eigenvalue weighted by Gasteiger charge is 2.08. The third-order valence-corrected chi connectivity index (χ3v) is 4.11. The first-order valence-electron chi connectivity index (χ1n) is 9.32. The number of hydrogen-bond acceptors (Lipinski definition) is 6. The first kappa shape index (κ1) is 20.6. The van der Waals surface area contributed by atoms with Gasteiger partial charge < -0.3 is 9.47 Å². The summed E-state index contributed by atoms with van der Waals surface area (Å²) in [5.74, 6) is 0.786. The van der Waals surface area contributed by atoms with Gasteiger partial charge >= 0.3 is 0 Å². The van der Waals surface area contributed by atoms with Crippen LogP contribution >= 0.6 is 0 Å². The maximum absolute atomic E-state index is 12.0. The van der Waals surface area contributed by atoms with Crippen molar-refractivity contribution in [1.82, 2.24) is 10.4 Å². The first-order chi connectivity index (χ1) is 14.7. The van der Waals surface area contributed by atoms with Crippen LogP contribution in [-0.4, -0.2) is 23.7 Å². The van der Waals surface area contributed by atoms with Crippen LogP contribution in [0, 0.1) is 11.3 Å². The summed E-state index contributed by atoms with van der Waals surface area (Å²) in [6, 6.07) is 18.0. The van der Waals surface area contributed by atoms with Crippen LogP contribution in [0.25, 0.3) is 0 Å². The summed E-state index contributed by atoms with van der Waals surface area (Å²) in [5.41, 5.74) is 5.05. The maximum atomic E-state index is 12.0. The van der Waals surface area contributed by atoms with Crippen LogP contribution in [-0.2, 0) is 6.61 Å². The summed E-state index contributed by atoms with van der Waals surface area (Å²) in [4.78, 5) is 15.9. The molecule has 0 bridgehead atoms. The highest BCUT2D eigenvalue weighted by Crippen LogP contribution is 2.29. The van der Waals surface area contributed by atoms with Crippen molar-refractivity contribution in [1.29, 1.82) is 5.26 Å². The molecule has 0 fully saturated rings. The number of rotatable bonds is 8. The maximum Gasteiger partial charge on any atom is 0.271 e. The van der Waals surface area contributed by atoms with Gasteiger partial charge in [-0.05, 0) is 48.9 Å². The topological polar surface area (TPSA) is 96.6 Å². The number of pyridine rings is 1. The Kier molecular flexibility index (Phi) is 7.12. The number of hydrazone groups is 1. The molecule has 7 heteroatoms. The Morgan fingerprint density at radius 3 is 2.70 bits per heavy atom. The lowest BCUT2D eigenvalue weighted by Crippen LogP contribution is -2.17. The minimum absolute atomic E-state index is 0.249. The summed E-state index contributed by atoms with van der Waals surface area (Å²) in [6.45, 7) is 2.59. The number of aromatic nitrogens is 1. The summed E-state index contributed by atoms with van der Waals surface area (Å²) < 4.78 is 11.6. The molecule has 0 saturated carbocycles. The van der Waals surface area contributed by atoms with E-state index in [1.807, 2.05) is 25.1 Å². The largest absolute Gasteiger partial charge is 0.490 e. The van der Waals surface area contributed by atoms with Gasteiger partial charge in [-0.1, -0.05) is 18.2 Å². The van der Waals surface area contributed by atoms with Gasteiger partial charge in [0.1, 0.15) is 6.61 Å². The molecule has 0 aliphatic carbocycles. The van der Waals surface area contributed by atoms with E-state index in [4.69, 9.17) is 9.47 Å². The quantitative estimate of drug-likeness (QED) is 0.459. The summed E-state index contributed by atoms with van der Waals surface area (Å²) >= 11 is 0. The molecule has 3 rings (SSSR count). The van der Waals surface area contributed by atoms with Crippen molar-refractivity contribution in [3.8, 4) is 17.6 Å². The van der Waals surface area contributed by atoms with E-state index >= 15 is 0 Å². The zero-order valence-corrected chi connectivity index (χ0v) is 16.4. The molecule has 1 aromatic heterocycles. The van der Waals surface area contributed by atoms with Crippen LogP contribution in [0.2, 0.25) is 0 Å².